The van der Waals surface area contributed by atoms with E-state index in [4.69, 9.17) is 10.5 Å². The fraction of sp³-hybridized carbons (Fsp3) is 0.500. The number of urea groups is 1. The number of amides is 2. The molecular formula is C14H21N3O2. The number of benzene rings is 1. The van der Waals surface area contributed by atoms with E-state index in [0.29, 0.717) is 17.1 Å². The molecule has 0 bridgehead atoms. The van der Waals surface area contributed by atoms with Crippen LogP contribution >= 0.6 is 0 Å². The van der Waals surface area contributed by atoms with E-state index in [9.17, 15) is 4.79 Å². The summed E-state index contributed by atoms with van der Waals surface area (Å²) in [5.74, 6) is 0.623. The van der Waals surface area contributed by atoms with Gasteiger partial charge in [0.25, 0.3) is 0 Å². The number of nitrogens with one attached hydrogen (secondary N) is 1. The van der Waals surface area contributed by atoms with Gasteiger partial charge in [-0.1, -0.05) is 12.8 Å². The van der Waals surface area contributed by atoms with Crippen LogP contribution in [0.4, 0.5) is 16.2 Å². The molecule has 1 aromatic carbocycles. The van der Waals surface area contributed by atoms with Gasteiger partial charge in [-0.15, -0.1) is 0 Å². The topological polar surface area (TPSA) is 67.6 Å². The first kappa shape index (κ1) is 13.5. The molecule has 0 aromatic heterocycles. The molecule has 1 heterocycles. The summed E-state index contributed by atoms with van der Waals surface area (Å²) >= 11 is 0. The van der Waals surface area contributed by atoms with E-state index < -0.39 is 0 Å². The van der Waals surface area contributed by atoms with Crippen molar-refractivity contribution in [3.05, 3.63) is 18.2 Å². The predicted octanol–water partition coefficient (Wildman–Crippen LogP) is 2.69. The molecule has 0 saturated carbocycles. The Bertz CT molecular complexity index is 440. The molecule has 5 heteroatoms. The van der Waals surface area contributed by atoms with Crippen LogP contribution in [0.3, 0.4) is 0 Å². The average Bonchev–Trinajstić information content (AvgIpc) is 2.68. The van der Waals surface area contributed by atoms with Crippen LogP contribution in [0, 0.1) is 0 Å². The molecule has 1 aromatic rings. The van der Waals surface area contributed by atoms with Crippen molar-refractivity contribution in [3.63, 3.8) is 0 Å². The molecule has 1 saturated heterocycles. The van der Waals surface area contributed by atoms with Crippen molar-refractivity contribution in [2.45, 2.75) is 25.7 Å². The van der Waals surface area contributed by atoms with Crippen LogP contribution in [0.15, 0.2) is 18.2 Å². The van der Waals surface area contributed by atoms with E-state index in [1.165, 1.54) is 12.8 Å². The maximum Gasteiger partial charge on any atom is 0.321 e. The molecule has 0 radical (unpaired) electrons. The summed E-state index contributed by atoms with van der Waals surface area (Å²) in [7, 11) is 1.58. The van der Waals surface area contributed by atoms with E-state index in [0.717, 1.165) is 25.9 Å². The number of carbonyl (C=O) groups is 1. The highest BCUT2D eigenvalue weighted by Gasteiger charge is 2.16. The summed E-state index contributed by atoms with van der Waals surface area (Å²) in [5, 5.41) is 2.88. The Kier molecular flexibility index (Phi) is 4.49. The molecular weight excluding hydrogens is 242 g/mol. The minimum Gasteiger partial charge on any atom is -0.495 e. The molecule has 1 fully saturated rings. The third kappa shape index (κ3) is 3.53. The molecule has 0 spiro atoms. The molecule has 1 aliphatic rings. The van der Waals surface area contributed by atoms with E-state index >= 15 is 0 Å². The van der Waals surface area contributed by atoms with Gasteiger partial charge in [0.1, 0.15) is 5.75 Å². The van der Waals surface area contributed by atoms with Gasteiger partial charge in [-0.25, -0.2) is 4.79 Å². The third-order valence-corrected chi connectivity index (χ3v) is 3.36. The fourth-order valence-electron chi connectivity index (χ4n) is 2.29. The van der Waals surface area contributed by atoms with Gasteiger partial charge in [0.05, 0.1) is 12.8 Å². The van der Waals surface area contributed by atoms with Gasteiger partial charge < -0.3 is 20.7 Å². The van der Waals surface area contributed by atoms with E-state index in [-0.39, 0.29) is 6.03 Å². The molecule has 0 atom stereocenters. The van der Waals surface area contributed by atoms with Crippen molar-refractivity contribution in [1.29, 1.82) is 0 Å². The first-order chi connectivity index (χ1) is 9.20. The Morgan fingerprint density at radius 1 is 1.26 bits per heavy atom. The van der Waals surface area contributed by atoms with Crippen molar-refractivity contribution < 1.29 is 9.53 Å². The Morgan fingerprint density at radius 3 is 2.58 bits per heavy atom. The van der Waals surface area contributed by atoms with Crippen LogP contribution < -0.4 is 15.8 Å². The van der Waals surface area contributed by atoms with Crippen LogP contribution in [-0.2, 0) is 0 Å². The normalized spacial score (nSPS) is 15.7. The summed E-state index contributed by atoms with van der Waals surface area (Å²) in [6.07, 6.45) is 4.54. The average molecular weight is 263 g/mol. The van der Waals surface area contributed by atoms with E-state index in [1.54, 1.807) is 25.3 Å². The van der Waals surface area contributed by atoms with Crippen molar-refractivity contribution in [2.24, 2.45) is 0 Å². The number of ether oxygens (including phenoxy) is 1. The number of anilines is 2. The number of hydrogen-bond acceptors (Lipinski definition) is 3. The fourth-order valence-corrected chi connectivity index (χ4v) is 2.29. The van der Waals surface area contributed by atoms with Gasteiger partial charge in [0.2, 0.25) is 0 Å². The largest absolute Gasteiger partial charge is 0.495 e. The van der Waals surface area contributed by atoms with Gasteiger partial charge in [-0.05, 0) is 31.0 Å². The molecule has 0 unspecified atom stereocenters. The third-order valence-electron chi connectivity index (χ3n) is 3.36. The van der Waals surface area contributed by atoms with Crippen LogP contribution in [0.2, 0.25) is 0 Å². The second-order valence-corrected chi connectivity index (χ2v) is 4.79. The minimum absolute atomic E-state index is 0.0780. The Balaban J connectivity index is 2.07. The van der Waals surface area contributed by atoms with Crippen LogP contribution in [0.5, 0.6) is 5.75 Å². The quantitative estimate of drug-likeness (QED) is 0.806. The maximum atomic E-state index is 12.2. The smallest absolute Gasteiger partial charge is 0.321 e. The number of carbonyl (C=O) groups excluding carboxylic acids is 1. The maximum absolute atomic E-state index is 12.2. The number of likely N-dealkylation sites (tertiary alicyclic amines) is 1. The van der Waals surface area contributed by atoms with Crippen molar-refractivity contribution in [3.8, 4) is 5.75 Å². The zero-order valence-electron chi connectivity index (χ0n) is 11.3. The highest BCUT2D eigenvalue weighted by atomic mass is 16.5. The van der Waals surface area contributed by atoms with Crippen molar-refractivity contribution >= 4 is 17.4 Å². The van der Waals surface area contributed by atoms with Gasteiger partial charge >= 0.3 is 6.03 Å². The first-order valence-electron chi connectivity index (χ1n) is 6.70. The predicted molar refractivity (Wildman–Crippen MR) is 76.5 cm³/mol. The van der Waals surface area contributed by atoms with Crippen molar-refractivity contribution in [1.82, 2.24) is 4.90 Å². The molecule has 19 heavy (non-hydrogen) atoms. The lowest BCUT2D eigenvalue weighted by Crippen LogP contribution is -2.35. The number of nitrogens with two attached hydrogens (primary N) is 1. The highest BCUT2D eigenvalue weighted by molar-refractivity contribution is 5.91. The lowest BCUT2D eigenvalue weighted by Gasteiger charge is -2.21. The van der Waals surface area contributed by atoms with Gasteiger partial charge in [-0.2, -0.15) is 0 Å². The zero-order chi connectivity index (χ0) is 13.7. The minimum atomic E-state index is -0.0780. The SMILES string of the molecule is COc1ccc(N)cc1NC(=O)N1CCCCCC1. The lowest BCUT2D eigenvalue weighted by molar-refractivity contribution is 0.213. The van der Waals surface area contributed by atoms with Crippen LogP contribution in [0.1, 0.15) is 25.7 Å². The number of nitrogen functional groups attached to an aromatic ring is 1. The Hall–Kier alpha value is -1.91. The first-order valence-corrected chi connectivity index (χ1v) is 6.70. The second-order valence-electron chi connectivity index (χ2n) is 4.79. The highest BCUT2D eigenvalue weighted by Crippen LogP contribution is 2.27. The van der Waals surface area contributed by atoms with Gasteiger partial charge in [0, 0.05) is 18.8 Å². The Labute approximate surface area is 113 Å². The second kappa shape index (κ2) is 6.31. The number of hydrogen-bond donors (Lipinski definition) is 2. The monoisotopic (exact) mass is 263 g/mol. The van der Waals surface area contributed by atoms with E-state index in [2.05, 4.69) is 5.32 Å². The molecule has 3 N–H and O–H groups in total. The summed E-state index contributed by atoms with van der Waals surface area (Å²) in [6.45, 7) is 1.63. The van der Waals surface area contributed by atoms with Crippen LogP contribution in [0.25, 0.3) is 0 Å². The molecule has 5 nitrogen and oxygen atoms in total. The number of rotatable bonds is 2. The molecule has 2 rings (SSSR count). The summed E-state index contributed by atoms with van der Waals surface area (Å²) in [4.78, 5) is 14.1. The summed E-state index contributed by atoms with van der Waals surface area (Å²) in [5.41, 5.74) is 6.97. The molecule has 0 aliphatic carbocycles. The van der Waals surface area contributed by atoms with Crippen molar-refractivity contribution in [2.75, 3.05) is 31.2 Å². The van der Waals surface area contributed by atoms with Gasteiger partial charge in [0.15, 0.2) is 0 Å². The Morgan fingerprint density at radius 2 is 1.95 bits per heavy atom. The number of nitrogens with zero attached hydrogens (tertiary/aromatic N) is 1. The number of methoxy groups -OCH3 is 1. The van der Waals surface area contributed by atoms with Gasteiger partial charge in [-0.3, -0.25) is 0 Å². The summed E-state index contributed by atoms with van der Waals surface area (Å²) < 4.78 is 5.22. The lowest BCUT2D eigenvalue weighted by atomic mass is 10.2. The van der Waals surface area contributed by atoms with Crippen LogP contribution in [-0.4, -0.2) is 31.1 Å². The van der Waals surface area contributed by atoms with E-state index in [1.807, 2.05) is 4.90 Å². The molecule has 104 valence electrons. The zero-order valence-corrected chi connectivity index (χ0v) is 11.3. The summed E-state index contributed by atoms with van der Waals surface area (Å²) in [6, 6.07) is 5.15. The molecule has 1 aliphatic heterocycles. The molecule has 2 amide bonds. The standard InChI is InChI=1S/C14H21N3O2/c1-19-13-7-6-11(15)10-12(13)16-14(18)17-8-4-2-3-5-9-17/h6-7,10H,2-5,8-9,15H2,1H3,(H,16,18).